The number of rotatable bonds is 8. The molecule has 8 nitrogen and oxygen atoms in total. The van der Waals surface area contributed by atoms with Crippen molar-refractivity contribution in [1.82, 2.24) is 4.90 Å². The van der Waals surface area contributed by atoms with Gasteiger partial charge in [-0.3, -0.25) is 14.5 Å². The van der Waals surface area contributed by atoms with Crippen LogP contribution in [-0.2, 0) is 19.1 Å². The van der Waals surface area contributed by atoms with E-state index in [1.165, 1.54) is 4.90 Å². The van der Waals surface area contributed by atoms with E-state index in [1.54, 1.807) is 11.0 Å². The van der Waals surface area contributed by atoms with Crippen molar-refractivity contribution in [1.29, 1.82) is 0 Å². The smallest absolute Gasteiger partial charge is 0.348 e. The van der Waals surface area contributed by atoms with Gasteiger partial charge in [0, 0.05) is 31.0 Å². The lowest BCUT2D eigenvalue weighted by molar-refractivity contribution is -0.140. The first-order valence-corrected chi connectivity index (χ1v) is 14.0. The van der Waals surface area contributed by atoms with Gasteiger partial charge in [0.05, 0.1) is 30.4 Å². The molecular formula is C28H40N2O6S. The topological polar surface area (TPSA) is 96.4 Å². The first-order chi connectivity index (χ1) is 17.5. The number of morpholine rings is 1. The molecule has 0 aromatic carbocycles. The van der Waals surface area contributed by atoms with E-state index in [2.05, 4.69) is 18.8 Å². The number of ether oxygens (including phenoxy) is 2. The average molecular weight is 533 g/mol. The number of anilines is 1. The van der Waals surface area contributed by atoms with E-state index in [9.17, 15) is 19.5 Å². The van der Waals surface area contributed by atoms with Gasteiger partial charge in [0.1, 0.15) is 10.9 Å². The first kappa shape index (κ1) is 29.2. The SMILES string of the molecule is CCOC[C@@H](C(=O)N1CCOCC1)N(C(=O)C1CCC(C)CC1)c1cc(C#CC(C)(C)C)sc1C(=O)O. The van der Waals surface area contributed by atoms with Gasteiger partial charge in [-0.2, -0.15) is 0 Å². The Morgan fingerprint density at radius 1 is 1.22 bits per heavy atom. The maximum atomic E-state index is 14.1. The van der Waals surface area contributed by atoms with E-state index in [4.69, 9.17) is 9.47 Å². The van der Waals surface area contributed by atoms with E-state index >= 15 is 0 Å². The molecule has 9 heteroatoms. The van der Waals surface area contributed by atoms with Gasteiger partial charge in [0.25, 0.3) is 0 Å². The highest BCUT2D eigenvalue weighted by Gasteiger charge is 2.40. The molecule has 1 N–H and O–H groups in total. The lowest BCUT2D eigenvalue weighted by Crippen LogP contribution is -2.57. The quantitative estimate of drug-likeness (QED) is 0.503. The number of amides is 2. The Labute approximate surface area is 224 Å². The molecule has 0 radical (unpaired) electrons. The van der Waals surface area contributed by atoms with Crippen LogP contribution in [0.2, 0.25) is 0 Å². The van der Waals surface area contributed by atoms with E-state index in [0.29, 0.717) is 56.5 Å². The van der Waals surface area contributed by atoms with Crippen molar-refractivity contribution < 1.29 is 29.0 Å². The second-order valence-corrected chi connectivity index (χ2v) is 12.0. The highest BCUT2D eigenvalue weighted by Crippen LogP contribution is 2.36. The molecule has 0 spiro atoms. The number of aromatic carboxylic acids is 1. The van der Waals surface area contributed by atoms with Crippen LogP contribution in [0.25, 0.3) is 0 Å². The van der Waals surface area contributed by atoms with E-state index in [0.717, 1.165) is 24.2 Å². The number of carboxylic acids is 1. The number of hydrogen-bond acceptors (Lipinski definition) is 6. The van der Waals surface area contributed by atoms with Gasteiger partial charge in [0.2, 0.25) is 11.8 Å². The Hall–Kier alpha value is -2.41. The summed E-state index contributed by atoms with van der Waals surface area (Å²) >= 11 is 1.04. The van der Waals surface area contributed by atoms with Gasteiger partial charge in [0.15, 0.2) is 0 Å². The summed E-state index contributed by atoms with van der Waals surface area (Å²) in [7, 11) is 0. The van der Waals surface area contributed by atoms with Gasteiger partial charge < -0.3 is 19.5 Å². The molecule has 0 unspecified atom stereocenters. The van der Waals surface area contributed by atoms with Gasteiger partial charge in [-0.05, 0) is 65.4 Å². The third-order valence-electron chi connectivity index (χ3n) is 6.73. The van der Waals surface area contributed by atoms with Crippen LogP contribution in [-0.4, -0.2) is 73.3 Å². The molecule has 2 fully saturated rings. The lowest BCUT2D eigenvalue weighted by Gasteiger charge is -2.38. The summed E-state index contributed by atoms with van der Waals surface area (Å²) in [5.74, 6) is 4.88. The predicted octanol–water partition coefficient (Wildman–Crippen LogP) is 4.27. The van der Waals surface area contributed by atoms with Crippen LogP contribution < -0.4 is 4.90 Å². The second kappa shape index (κ2) is 12.9. The normalized spacial score (nSPS) is 21.1. The third kappa shape index (κ3) is 7.79. The Morgan fingerprint density at radius 3 is 2.43 bits per heavy atom. The van der Waals surface area contributed by atoms with Crippen molar-refractivity contribution in [3.05, 3.63) is 15.8 Å². The molecule has 2 heterocycles. The Balaban J connectivity index is 2.11. The van der Waals surface area contributed by atoms with Crippen LogP contribution in [0, 0.1) is 29.1 Å². The van der Waals surface area contributed by atoms with Crippen LogP contribution in [0.3, 0.4) is 0 Å². The van der Waals surface area contributed by atoms with Crippen molar-refractivity contribution >= 4 is 34.8 Å². The first-order valence-electron chi connectivity index (χ1n) is 13.2. The van der Waals surface area contributed by atoms with Crippen molar-refractivity contribution in [3.63, 3.8) is 0 Å². The molecule has 1 aromatic rings. The molecule has 2 amide bonds. The van der Waals surface area contributed by atoms with Gasteiger partial charge in [-0.1, -0.05) is 18.8 Å². The monoisotopic (exact) mass is 532 g/mol. The molecule has 37 heavy (non-hydrogen) atoms. The Morgan fingerprint density at radius 2 is 1.86 bits per heavy atom. The maximum absolute atomic E-state index is 14.1. The van der Waals surface area contributed by atoms with Gasteiger partial charge in [-0.15, -0.1) is 11.3 Å². The zero-order valence-electron chi connectivity index (χ0n) is 22.7. The van der Waals surface area contributed by atoms with Crippen molar-refractivity contribution in [2.75, 3.05) is 44.4 Å². The average Bonchev–Trinajstić information content (AvgIpc) is 3.29. The number of carbonyl (C=O) groups excluding carboxylic acids is 2. The summed E-state index contributed by atoms with van der Waals surface area (Å²) in [5, 5.41) is 10.1. The summed E-state index contributed by atoms with van der Waals surface area (Å²) in [4.78, 5) is 44.0. The molecule has 1 aliphatic carbocycles. The van der Waals surface area contributed by atoms with Crippen LogP contribution in [0.4, 0.5) is 5.69 Å². The predicted molar refractivity (Wildman–Crippen MR) is 144 cm³/mol. The molecule has 3 rings (SSSR count). The van der Waals surface area contributed by atoms with Crippen molar-refractivity contribution in [2.45, 2.75) is 66.3 Å². The fraction of sp³-hybridized carbons (Fsp3) is 0.679. The molecule has 1 aliphatic heterocycles. The summed E-state index contributed by atoms with van der Waals surface area (Å²) in [6, 6.07) is 0.683. The maximum Gasteiger partial charge on any atom is 0.348 e. The largest absolute Gasteiger partial charge is 0.477 e. The van der Waals surface area contributed by atoms with Crippen LogP contribution in [0.5, 0.6) is 0 Å². The molecular weight excluding hydrogens is 492 g/mol. The zero-order valence-corrected chi connectivity index (χ0v) is 23.5. The standard InChI is InChI=1S/C28H40N2O6S/c1-6-35-18-23(26(32)29-13-15-36-16-14-29)30(25(31)20-9-7-19(2)8-10-20)22-17-21(11-12-28(3,4)5)37-24(22)27(33)34/h17,19-20,23H,6-10,13-16,18H2,1-5H3,(H,33,34)/t19?,20?,23-/m0/s1. The van der Waals surface area contributed by atoms with Gasteiger partial charge in [-0.25, -0.2) is 4.79 Å². The second-order valence-electron chi connectivity index (χ2n) is 10.9. The Bertz CT molecular complexity index is 1020. The number of nitrogens with zero attached hydrogens (tertiary/aromatic N) is 2. The minimum absolute atomic E-state index is 0.00649. The summed E-state index contributed by atoms with van der Waals surface area (Å²) in [6.45, 7) is 12.0. The Kier molecular flexibility index (Phi) is 10.2. The highest BCUT2D eigenvalue weighted by atomic mass is 32.1. The third-order valence-corrected chi connectivity index (χ3v) is 7.76. The zero-order chi connectivity index (χ0) is 27.2. The van der Waals surface area contributed by atoms with Crippen LogP contribution in [0.1, 0.15) is 74.9 Å². The summed E-state index contributed by atoms with van der Waals surface area (Å²) in [5.41, 5.74) is -0.0447. The molecule has 0 bridgehead atoms. The number of carboxylic acid groups (broad SMARTS) is 1. The minimum Gasteiger partial charge on any atom is -0.477 e. The summed E-state index contributed by atoms with van der Waals surface area (Å²) in [6.07, 6.45) is 3.28. The van der Waals surface area contributed by atoms with Crippen LogP contribution in [0.15, 0.2) is 6.07 Å². The highest BCUT2D eigenvalue weighted by molar-refractivity contribution is 7.15. The number of thiophene rings is 1. The van der Waals surface area contributed by atoms with Gasteiger partial charge >= 0.3 is 5.97 Å². The number of hydrogen-bond donors (Lipinski definition) is 1. The lowest BCUT2D eigenvalue weighted by atomic mass is 9.82. The van der Waals surface area contributed by atoms with Crippen LogP contribution >= 0.6 is 11.3 Å². The summed E-state index contributed by atoms with van der Waals surface area (Å²) < 4.78 is 11.1. The molecule has 1 saturated carbocycles. The van der Waals surface area contributed by atoms with E-state index < -0.39 is 12.0 Å². The van der Waals surface area contributed by atoms with E-state index in [1.807, 2.05) is 27.7 Å². The fourth-order valence-electron chi connectivity index (χ4n) is 4.65. The minimum atomic E-state index is -1.15. The van der Waals surface area contributed by atoms with E-state index in [-0.39, 0.29) is 40.3 Å². The molecule has 1 saturated heterocycles. The molecule has 204 valence electrons. The van der Waals surface area contributed by atoms with Crippen molar-refractivity contribution in [2.24, 2.45) is 17.3 Å². The van der Waals surface area contributed by atoms with Crippen molar-refractivity contribution in [3.8, 4) is 11.8 Å². The molecule has 1 atom stereocenters. The molecule has 1 aromatic heterocycles. The number of carbonyl (C=O) groups is 3. The molecule has 2 aliphatic rings. The fourth-order valence-corrected chi connectivity index (χ4v) is 5.49.